The smallest absolute Gasteiger partial charge is 0.266 e. The summed E-state index contributed by atoms with van der Waals surface area (Å²) in [5.74, 6) is -0.941. The number of aromatic nitrogens is 1. The van der Waals surface area contributed by atoms with Gasteiger partial charge in [-0.1, -0.05) is 30.3 Å². The molecule has 2 heterocycles. The number of nitrogens with zero attached hydrogens (tertiary/aromatic N) is 2. The second-order valence-corrected chi connectivity index (χ2v) is 8.96. The number of carbonyl (C=O) groups is 2. The fraction of sp³-hybridized carbons (Fsp3) is 0.0741. The van der Waals surface area contributed by atoms with Crippen molar-refractivity contribution in [3.05, 3.63) is 88.1 Å². The molecule has 2 aromatic heterocycles. The number of pyridine rings is 1. The summed E-state index contributed by atoms with van der Waals surface area (Å²) in [4.78, 5) is 30.5. The molecule has 190 valence electrons. The van der Waals surface area contributed by atoms with Crippen LogP contribution in [0.5, 0.6) is 5.75 Å². The van der Waals surface area contributed by atoms with Crippen LogP contribution >= 0.6 is 11.3 Å². The van der Waals surface area contributed by atoms with E-state index in [1.165, 1.54) is 17.4 Å². The van der Waals surface area contributed by atoms with E-state index in [9.17, 15) is 20.0 Å². The average molecular weight is 526 g/mol. The Bertz CT molecular complexity index is 1540. The highest BCUT2D eigenvalue weighted by Gasteiger charge is 2.20. The monoisotopic (exact) mass is 525 g/mol. The molecule has 4 rings (SSSR count). The fourth-order valence-corrected chi connectivity index (χ4v) is 4.30. The lowest BCUT2D eigenvalue weighted by atomic mass is 9.96. The number of nitrogens with two attached hydrogens (primary N) is 1. The lowest BCUT2D eigenvalue weighted by Crippen LogP contribution is -2.37. The lowest BCUT2D eigenvalue weighted by molar-refractivity contribution is 0.0953. The van der Waals surface area contributed by atoms with Gasteiger partial charge in [-0.25, -0.2) is 4.98 Å². The van der Waals surface area contributed by atoms with Gasteiger partial charge in [-0.05, 0) is 47.3 Å². The van der Waals surface area contributed by atoms with Gasteiger partial charge in [-0.15, -0.1) is 11.3 Å². The number of para-hydroxylation sites is 1. The molecule has 0 radical (unpaired) electrons. The highest BCUT2D eigenvalue weighted by Crippen LogP contribution is 2.35. The first-order valence-corrected chi connectivity index (χ1v) is 12.3. The van der Waals surface area contributed by atoms with Crippen LogP contribution in [0, 0.1) is 16.7 Å². The first kappa shape index (κ1) is 25.9. The number of benzene rings is 2. The summed E-state index contributed by atoms with van der Waals surface area (Å²) in [6.45, 7) is 0.540. The van der Waals surface area contributed by atoms with Gasteiger partial charge in [0.1, 0.15) is 17.4 Å². The van der Waals surface area contributed by atoms with E-state index in [-0.39, 0.29) is 35.5 Å². The van der Waals surface area contributed by atoms with Crippen LogP contribution in [-0.2, 0) is 0 Å². The molecule has 0 saturated heterocycles. The minimum atomic E-state index is -0.420. The number of phenolic OH excluding ortho intramolecular Hbond substituents is 1. The molecule has 38 heavy (non-hydrogen) atoms. The summed E-state index contributed by atoms with van der Waals surface area (Å²) in [5.41, 5.74) is 7.43. The standard InChI is InChI=1S/C27H23N7O3S/c28-15-20-19(16-5-3-6-17(13-16)25(36)31-10-11-32-27(29)30)14-21(18-7-1-2-8-22(18)35)33-24(20)34-26(37)23-9-4-12-38-23/h1-9,12-14,35H,10-11H2,(H,31,36)(H4,29,30,32)(H,33,34,37). The van der Waals surface area contributed by atoms with Crippen LogP contribution in [0.1, 0.15) is 25.6 Å². The van der Waals surface area contributed by atoms with Crippen LogP contribution < -0.4 is 21.7 Å². The molecule has 0 saturated carbocycles. The number of nitrogens with one attached hydrogen (secondary N) is 4. The van der Waals surface area contributed by atoms with Crippen molar-refractivity contribution in [2.24, 2.45) is 5.73 Å². The number of guanidine groups is 1. The van der Waals surface area contributed by atoms with Gasteiger partial charge in [0.25, 0.3) is 11.8 Å². The Hall–Kier alpha value is -5.21. The number of nitriles is 1. The van der Waals surface area contributed by atoms with Crippen LogP contribution in [0.4, 0.5) is 5.82 Å². The zero-order valence-corrected chi connectivity index (χ0v) is 20.8. The van der Waals surface area contributed by atoms with E-state index in [1.54, 1.807) is 66.0 Å². The Labute approximate surface area is 222 Å². The van der Waals surface area contributed by atoms with Crippen LogP contribution in [0.15, 0.2) is 72.1 Å². The number of amides is 2. The summed E-state index contributed by atoms with van der Waals surface area (Å²) in [5, 5.41) is 37.6. The molecule has 2 aromatic carbocycles. The Morgan fingerprint density at radius 2 is 1.79 bits per heavy atom. The molecule has 0 aliphatic heterocycles. The summed E-state index contributed by atoms with van der Waals surface area (Å²) >= 11 is 1.25. The average Bonchev–Trinajstić information content (AvgIpc) is 3.46. The molecule has 0 spiro atoms. The number of carbonyl (C=O) groups excluding carboxylic acids is 2. The van der Waals surface area contributed by atoms with Gasteiger partial charge < -0.3 is 26.8 Å². The molecule has 10 nitrogen and oxygen atoms in total. The second-order valence-electron chi connectivity index (χ2n) is 8.02. The summed E-state index contributed by atoms with van der Waals surface area (Å²) in [7, 11) is 0. The number of hydrogen-bond donors (Lipinski definition) is 6. The molecule has 7 N–H and O–H groups in total. The molecular weight excluding hydrogens is 502 g/mol. The highest BCUT2D eigenvalue weighted by molar-refractivity contribution is 7.12. The zero-order valence-electron chi connectivity index (χ0n) is 20.0. The number of rotatable bonds is 8. The van der Waals surface area contributed by atoms with Crippen molar-refractivity contribution in [1.82, 2.24) is 15.6 Å². The van der Waals surface area contributed by atoms with Crippen LogP contribution in [0.3, 0.4) is 0 Å². The molecule has 0 fully saturated rings. The maximum Gasteiger partial charge on any atom is 0.266 e. The summed E-state index contributed by atoms with van der Waals surface area (Å²) in [6, 6.07) is 20.5. The number of thiophene rings is 1. The van der Waals surface area contributed by atoms with Gasteiger partial charge in [-0.3, -0.25) is 15.0 Å². The van der Waals surface area contributed by atoms with E-state index in [0.29, 0.717) is 39.4 Å². The van der Waals surface area contributed by atoms with Crippen molar-refractivity contribution in [3.8, 4) is 34.2 Å². The number of hydrogen-bond acceptors (Lipinski definition) is 7. The molecule has 4 aromatic rings. The minimum absolute atomic E-state index is 0.0153. The topological polar surface area (TPSA) is 177 Å². The third kappa shape index (κ3) is 5.95. The van der Waals surface area contributed by atoms with Gasteiger partial charge in [0, 0.05) is 29.8 Å². The Morgan fingerprint density at radius 3 is 2.50 bits per heavy atom. The third-order valence-electron chi connectivity index (χ3n) is 5.45. The van der Waals surface area contributed by atoms with Crippen molar-refractivity contribution in [3.63, 3.8) is 0 Å². The number of anilines is 1. The largest absolute Gasteiger partial charge is 0.507 e. The predicted molar refractivity (Wildman–Crippen MR) is 146 cm³/mol. The lowest BCUT2D eigenvalue weighted by Gasteiger charge is -2.14. The maximum atomic E-state index is 12.8. The Kier molecular flexibility index (Phi) is 7.95. The van der Waals surface area contributed by atoms with Crippen molar-refractivity contribution in [2.45, 2.75) is 0 Å². The molecular formula is C27H23N7O3S. The molecule has 0 atom stereocenters. The van der Waals surface area contributed by atoms with Gasteiger partial charge >= 0.3 is 0 Å². The van der Waals surface area contributed by atoms with E-state index < -0.39 is 5.91 Å². The summed E-state index contributed by atoms with van der Waals surface area (Å²) < 4.78 is 0. The fourth-order valence-electron chi connectivity index (χ4n) is 3.68. The second kappa shape index (κ2) is 11.7. The first-order valence-electron chi connectivity index (χ1n) is 11.4. The van der Waals surface area contributed by atoms with Gasteiger partial charge in [0.2, 0.25) is 0 Å². The van der Waals surface area contributed by atoms with E-state index in [4.69, 9.17) is 11.1 Å². The predicted octanol–water partition coefficient (Wildman–Crippen LogP) is 3.52. The van der Waals surface area contributed by atoms with Gasteiger partial charge in [0.05, 0.1) is 10.6 Å². The zero-order chi connectivity index (χ0) is 27.1. The van der Waals surface area contributed by atoms with Crippen LogP contribution in [0.2, 0.25) is 0 Å². The first-order chi connectivity index (χ1) is 18.4. The molecule has 0 bridgehead atoms. The molecule has 0 aliphatic rings. The Morgan fingerprint density at radius 1 is 1.00 bits per heavy atom. The Balaban J connectivity index is 1.76. The SMILES string of the molecule is N#Cc1c(-c2cccc(C(=O)NCCNC(=N)N)c2)cc(-c2ccccc2O)nc1NC(=O)c1cccs1. The van der Waals surface area contributed by atoms with Gasteiger partial charge in [-0.2, -0.15) is 5.26 Å². The van der Waals surface area contributed by atoms with Crippen LogP contribution in [-0.4, -0.2) is 41.0 Å². The van der Waals surface area contributed by atoms with Crippen molar-refractivity contribution in [1.29, 1.82) is 10.7 Å². The normalized spacial score (nSPS) is 10.3. The van der Waals surface area contributed by atoms with E-state index in [2.05, 4.69) is 27.0 Å². The number of phenols is 1. The van der Waals surface area contributed by atoms with E-state index in [0.717, 1.165) is 0 Å². The molecule has 11 heteroatoms. The van der Waals surface area contributed by atoms with Gasteiger partial charge in [0.15, 0.2) is 11.8 Å². The van der Waals surface area contributed by atoms with Crippen molar-refractivity contribution >= 4 is 34.9 Å². The summed E-state index contributed by atoms with van der Waals surface area (Å²) in [6.07, 6.45) is 0. The molecule has 0 unspecified atom stereocenters. The third-order valence-corrected chi connectivity index (χ3v) is 6.32. The van der Waals surface area contributed by atoms with Crippen molar-refractivity contribution in [2.75, 3.05) is 18.4 Å². The van der Waals surface area contributed by atoms with E-state index in [1.807, 2.05) is 0 Å². The quantitative estimate of drug-likeness (QED) is 0.116. The molecule has 0 aliphatic carbocycles. The maximum absolute atomic E-state index is 12.8. The van der Waals surface area contributed by atoms with Crippen LogP contribution in [0.25, 0.3) is 22.4 Å². The van der Waals surface area contributed by atoms with E-state index >= 15 is 0 Å². The molecule has 2 amide bonds. The number of aromatic hydroxyl groups is 1. The van der Waals surface area contributed by atoms with Crippen molar-refractivity contribution < 1.29 is 14.7 Å². The minimum Gasteiger partial charge on any atom is -0.507 e. The highest BCUT2D eigenvalue weighted by atomic mass is 32.1.